The molecule has 0 saturated heterocycles. The molecule has 0 aliphatic carbocycles. The third kappa shape index (κ3) is 7.44. The second kappa shape index (κ2) is 11.8. The molecule has 0 bridgehead atoms. The number of carbonyl (C=O) groups excluding carboxylic acids is 1. The van der Waals surface area contributed by atoms with Crippen LogP contribution in [0.3, 0.4) is 0 Å². The summed E-state index contributed by atoms with van der Waals surface area (Å²) in [5.74, 6) is 1.86. The fourth-order valence-corrected chi connectivity index (χ4v) is 3.01. The van der Waals surface area contributed by atoms with Gasteiger partial charge >= 0.3 is 6.09 Å². The maximum atomic E-state index is 12.2. The summed E-state index contributed by atoms with van der Waals surface area (Å²) in [5.41, 5.74) is 0.941. The number of fused-ring (bicyclic) bond motifs is 1. The molecule has 2 aromatic heterocycles. The first-order valence-electron chi connectivity index (χ1n) is 11.1. The van der Waals surface area contributed by atoms with Crippen LogP contribution in [0, 0.1) is 0 Å². The quantitative estimate of drug-likeness (QED) is 0.413. The number of aliphatic hydroxyl groups excluding tert-OH is 1. The molecule has 0 unspecified atom stereocenters. The fourth-order valence-electron chi connectivity index (χ4n) is 3.01. The number of furan rings is 1. The SMILES string of the molecule is CN(C(=O)OC(C)(C)C)c1ccc(-c2cc3cc(OCCOCCOCCO)ccc3o2)cn1. The van der Waals surface area contributed by atoms with Crippen molar-refractivity contribution in [1.82, 2.24) is 4.98 Å². The van der Waals surface area contributed by atoms with E-state index in [2.05, 4.69) is 4.98 Å². The van der Waals surface area contributed by atoms with Crippen LogP contribution >= 0.6 is 0 Å². The number of pyridine rings is 1. The maximum absolute atomic E-state index is 12.2. The van der Waals surface area contributed by atoms with E-state index in [1.807, 2.05) is 51.1 Å². The Balaban J connectivity index is 1.56. The van der Waals surface area contributed by atoms with Crippen LogP contribution in [0.15, 0.2) is 47.0 Å². The molecule has 1 amide bonds. The van der Waals surface area contributed by atoms with E-state index in [-0.39, 0.29) is 6.61 Å². The largest absolute Gasteiger partial charge is 0.491 e. The van der Waals surface area contributed by atoms with E-state index >= 15 is 0 Å². The highest BCUT2D eigenvalue weighted by Gasteiger charge is 2.21. The lowest BCUT2D eigenvalue weighted by Crippen LogP contribution is -2.34. The first-order valence-corrected chi connectivity index (χ1v) is 11.1. The Labute approximate surface area is 199 Å². The van der Waals surface area contributed by atoms with Gasteiger partial charge in [0.2, 0.25) is 0 Å². The number of benzene rings is 1. The molecule has 1 N–H and O–H groups in total. The van der Waals surface area contributed by atoms with Crippen molar-refractivity contribution in [3.63, 3.8) is 0 Å². The highest BCUT2D eigenvalue weighted by Crippen LogP contribution is 2.30. The maximum Gasteiger partial charge on any atom is 0.415 e. The van der Waals surface area contributed by atoms with Gasteiger partial charge in [0.05, 0.1) is 33.0 Å². The number of aliphatic hydroxyl groups is 1. The van der Waals surface area contributed by atoms with Crippen molar-refractivity contribution >= 4 is 22.9 Å². The molecule has 0 atom stereocenters. The van der Waals surface area contributed by atoms with E-state index in [1.54, 1.807) is 19.3 Å². The standard InChI is InChI=1S/C25H32N2O7/c1-25(2,3)34-24(29)27(4)23-8-5-18(17-26-23)22-16-19-15-20(6-7-21(19)33-22)32-14-13-31-12-11-30-10-9-28/h5-8,15-17,28H,9-14H2,1-4H3. The number of carbonyl (C=O) groups is 1. The van der Waals surface area contributed by atoms with Crippen LogP contribution in [0.1, 0.15) is 20.8 Å². The molecule has 0 aliphatic heterocycles. The molecule has 3 rings (SSSR count). The van der Waals surface area contributed by atoms with Crippen molar-refractivity contribution in [2.45, 2.75) is 26.4 Å². The first kappa shape index (κ1) is 25.5. The molecular formula is C25H32N2O7. The summed E-state index contributed by atoms with van der Waals surface area (Å²) in [6.07, 6.45) is 1.19. The number of hydrogen-bond acceptors (Lipinski definition) is 8. The van der Waals surface area contributed by atoms with Crippen LogP contribution in [0.5, 0.6) is 5.75 Å². The van der Waals surface area contributed by atoms with Crippen LogP contribution in [0.25, 0.3) is 22.3 Å². The van der Waals surface area contributed by atoms with Crippen LogP contribution in [-0.4, -0.2) is 68.5 Å². The van der Waals surface area contributed by atoms with Gasteiger partial charge in [-0.05, 0) is 57.2 Å². The van der Waals surface area contributed by atoms with Gasteiger partial charge in [0.1, 0.15) is 35.1 Å². The highest BCUT2D eigenvalue weighted by molar-refractivity contribution is 5.87. The van der Waals surface area contributed by atoms with E-state index < -0.39 is 11.7 Å². The molecule has 0 aliphatic rings. The third-order valence-electron chi connectivity index (χ3n) is 4.64. The topological polar surface area (TPSA) is 103 Å². The van der Waals surface area contributed by atoms with Gasteiger partial charge in [-0.2, -0.15) is 0 Å². The number of hydrogen-bond donors (Lipinski definition) is 1. The summed E-state index contributed by atoms with van der Waals surface area (Å²) in [6.45, 7) is 7.52. The Bertz CT molecular complexity index is 1060. The molecule has 0 saturated carbocycles. The second-order valence-corrected chi connectivity index (χ2v) is 8.55. The first-order chi connectivity index (χ1) is 16.3. The second-order valence-electron chi connectivity index (χ2n) is 8.55. The smallest absolute Gasteiger partial charge is 0.415 e. The highest BCUT2D eigenvalue weighted by atomic mass is 16.6. The Hall–Kier alpha value is -3.14. The lowest BCUT2D eigenvalue weighted by Gasteiger charge is -2.24. The fraction of sp³-hybridized carbons (Fsp3) is 0.440. The van der Waals surface area contributed by atoms with Crippen molar-refractivity contribution in [1.29, 1.82) is 0 Å². The van der Waals surface area contributed by atoms with Gasteiger partial charge in [-0.1, -0.05) is 0 Å². The number of rotatable bonds is 11. The van der Waals surface area contributed by atoms with Crippen LogP contribution in [-0.2, 0) is 14.2 Å². The Morgan fingerprint density at radius 2 is 1.76 bits per heavy atom. The van der Waals surface area contributed by atoms with Crippen molar-refractivity contribution < 1.29 is 33.3 Å². The van der Waals surface area contributed by atoms with Gasteiger partial charge in [0.15, 0.2) is 0 Å². The molecule has 2 heterocycles. The monoisotopic (exact) mass is 472 g/mol. The van der Waals surface area contributed by atoms with E-state index in [1.165, 1.54) is 4.90 Å². The molecule has 34 heavy (non-hydrogen) atoms. The molecule has 0 spiro atoms. The van der Waals surface area contributed by atoms with Crippen molar-refractivity contribution in [3.05, 3.63) is 42.6 Å². The number of anilines is 1. The van der Waals surface area contributed by atoms with E-state index in [4.69, 9.17) is 28.5 Å². The summed E-state index contributed by atoms with van der Waals surface area (Å²) in [5, 5.41) is 9.55. The zero-order chi connectivity index (χ0) is 24.6. The molecule has 0 fully saturated rings. The Morgan fingerprint density at radius 3 is 2.44 bits per heavy atom. The normalized spacial score (nSPS) is 11.6. The number of nitrogens with zero attached hydrogens (tertiary/aromatic N) is 2. The summed E-state index contributed by atoms with van der Waals surface area (Å²) in [4.78, 5) is 18.0. The Morgan fingerprint density at radius 1 is 1.03 bits per heavy atom. The van der Waals surface area contributed by atoms with E-state index in [0.29, 0.717) is 50.4 Å². The van der Waals surface area contributed by atoms with Gasteiger partial charge in [-0.25, -0.2) is 9.78 Å². The van der Waals surface area contributed by atoms with Crippen LogP contribution < -0.4 is 9.64 Å². The van der Waals surface area contributed by atoms with E-state index in [9.17, 15) is 4.79 Å². The minimum absolute atomic E-state index is 0.00851. The molecule has 0 radical (unpaired) electrons. The summed E-state index contributed by atoms with van der Waals surface area (Å²) < 4.78 is 27.6. The lowest BCUT2D eigenvalue weighted by atomic mass is 10.2. The summed E-state index contributed by atoms with van der Waals surface area (Å²) >= 11 is 0. The van der Waals surface area contributed by atoms with Gasteiger partial charge in [-0.15, -0.1) is 0 Å². The molecule has 9 nitrogen and oxygen atoms in total. The van der Waals surface area contributed by atoms with Crippen molar-refractivity contribution in [3.8, 4) is 17.1 Å². The summed E-state index contributed by atoms with van der Waals surface area (Å²) in [7, 11) is 1.62. The minimum Gasteiger partial charge on any atom is -0.491 e. The van der Waals surface area contributed by atoms with Crippen LogP contribution in [0.4, 0.5) is 10.6 Å². The van der Waals surface area contributed by atoms with Gasteiger partial charge in [-0.3, -0.25) is 4.90 Å². The third-order valence-corrected chi connectivity index (χ3v) is 4.64. The predicted molar refractivity (Wildman–Crippen MR) is 128 cm³/mol. The minimum atomic E-state index is -0.579. The van der Waals surface area contributed by atoms with E-state index in [0.717, 1.165) is 16.5 Å². The van der Waals surface area contributed by atoms with Crippen molar-refractivity contribution in [2.75, 3.05) is 51.6 Å². The predicted octanol–water partition coefficient (Wildman–Crippen LogP) is 4.27. The van der Waals surface area contributed by atoms with Crippen molar-refractivity contribution in [2.24, 2.45) is 0 Å². The number of amides is 1. The summed E-state index contributed by atoms with van der Waals surface area (Å²) in [6, 6.07) is 11.1. The van der Waals surface area contributed by atoms with Gasteiger partial charge in [0.25, 0.3) is 0 Å². The van der Waals surface area contributed by atoms with Crippen LogP contribution in [0.2, 0.25) is 0 Å². The molecule has 9 heteroatoms. The Kier molecular flexibility index (Phi) is 8.86. The number of aromatic nitrogens is 1. The van der Waals surface area contributed by atoms with Gasteiger partial charge < -0.3 is 28.5 Å². The number of ether oxygens (including phenoxy) is 4. The molecular weight excluding hydrogens is 440 g/mol. The zero-order valence-electron chi connectivity index (χ0n) is 20.1. The average molecular weight is 473 g/mol. The molecule has 1 aromatic carbocycles. The average Bonchev–Trinajstić information content (AvgIpc) is 3.23. The lowest BCUT2D eigenvalue weighted by molar-refractivity contribution is 0.0247. The zero-order valence-corrected chi connectivity index (χ0v) is 20.1. The van der Waals surface area contributed by atoms with Gasteiger partial charge in [0, 0.05) is 24.2 Å². The molecule has 184 valence electrons. The molecule has 3 aromatic rings.